The zero-order chi connectivity index (χ0) is 22.2. The molecule has 1 aromatic carbocycles. The van der Waals surface area contributed by atoms with Gasteiger partial charge in [-0.05, 0) is 49.6 Å². The van der Waals surface area contributed by atoms with Crippen LogP contribution in [0.3, 0.4) is 0 Å². The zero-order valence-electron chi connectivity index (χ0n) is 17.4. The third-order valence-electron chi connectivity index (χ3n) is 5.71. The Morgan fingerprint density at radius 3 is 2.61 bits per heavy atom. The number of ketones is 1. The van der Waals surface area contributed by atoms with Gasteiger partial charge in [-0.2, -0.15) is 0 Å². The summed E-state index contributed by atoms with van der Waals surface area (Å²) in [6.07, 6.45) is 3.86. The lowest BCUT2D eigenvalue weighted by atomic mass is 10.0. The minimum Gasteiger partial charge on any atom is -0.501 e. The second-order valence-corrected chi connectivity index (χ2v) is 8.18. The van der Waals surface area contributed by atoms with Gasteiger partial charge < -0.3 is 5.11 Å². The Kier molecular flexibility index (Phi) is 5.41. The van der Waals surface area contributed by atoms with Gasteiger partial charge in [0.2, 0.25) is 5.75 Å². The third kappa shape index (κ3) is 3.98. The second kappa shape index (κ2) is 8.03. The zero-order valence-corrected chi connectivity index (χ0v) is 17.4. The Morgan fingerprint density at radius 1 is 1.19 bits per heavy atom. The monoisotopic (exact) mass is 422 g/mol. The largest absolute Gasteiger partial charge is 0.501 e. The van der Waals surface area contributed by atoms with Crippen molar-refractivity contribution in [2.75, 3.05) is 0 Å². The van der Waals surface area contributed by atoms with Gasteiger partial charge in [-0.15, -0.1) is 0 Å². The Hall–Kier alpha value is -3.39. The highest BCUT2D eigenvalue weighted by Crippen LogP contribution is 2.34. The molecule has 2 aromatic heterocycles. The minimum atomic E-state index is -0.633. The van der Waals surface area contributed by atoms with Gasteiger partial charge in [0, 0.05) is 25.4 Å². The molecule has 0 spiro atoms. The first kappa shape index (κ1) is 20.9. The van der Waals surface area contributed by atoms with E-state index in [2.05, 4.69) is 9.97 Å². The van der Waals surface area contributed by atoms with Crippen LogP contribution in [-0.4, -0.2) is 30.3 Å². The van der Waals surface area contributed by atoms with Gasteiger partial charge in [-0.3, -0.25) is 24.0 Å². The van der Waals surface area contributed by atoms with Gasteiger partial charge in [0.1, 0.15) is 11.6 Å². The second-order valence-electron chi connectivity index (χ2n) is 8.18. The molecule has 0 bridgehead atoms. The number of rotatable bonds is 6. The predicted molar refractivity (Wildman–Crippen MR) is 112 cm³/mol. The molecule has 31 heavy (non-hydrogen) atoms. The summed E-state index contributed by atoms with van der Waals surface area (Å²) in [6.45, 7) is 4.65. The van der Waals surface area contributed by atoms with Crippen LogP contribution in [0.25, 0.3) is 0 Å². The van der Waals surface area contributed by atoms with Crippen LogP contribution in [0.2, 0.25) is 0 Å². The first-order valence-electron chi connectivity index (χ1n) is 10.0. The van der Waals surface area contributed by atoms with Crippen LogP contribution >= 0.6 is 0 Å². The van der Waals surface area contributed by atoms with E-state index in [1.54, 1.807) is 24.5 Å². The fraction of sp³-hybridized carbons (Fsp3) is 0.304. The Morgan fingerprint density at radius 2 is 1.94 bits per heavy atom. The van der Waals surface area contributed by atoms with E-state index in [0.717, 1.165) is 11.1 Å². The summed E-state index contributed by atoms with van der Waals surface area (Å²) in [4.78, 5) is 36.2. The topological polar surface area (TPSA) is 88.3 Å². The molecular formula is C23H23FN4O3. The SMILES string of the molecule is CC1(C)c2nc(C(=O)CCc3ccc(F)cc3)c(O)c(=O)n2CN1Cc1cccnc1. The van der Waals surface area contributed by atoms with E-state index < -0.39 is 22.6 Å². The fourth-order valence-electron chi connectivity index (χ4n) is 3.81. The molecule has 0 saturated heterocycles. The normalized spacial score (nSPS) is 15.1. The lowest BCUT2D eigenvalue weighted by Gasteiger charge is -2.29. The average Bonchev–Trinajstić information content (AvgIpc) is 3.00. The number of carbonyl (C=O) groups excluding carboxylic acids is 1. The van der Waals surface area contributed by atoms with Crippen LogP contribution in [0.1, 0.15) is 47.7 Å². The minimum absolute atomic E-state index is 0.0505. The summed E-state index contributed by atoms with van der Waals surface area (Å²) in [7, 11) is 0. The number of carbonyl (C=O) groups is 1. The van der Waals surface area contributed by atoms with E-state index >= 15 is 0 Å². The van der Waals surface area contributed by atoms with E-state index in [1.807, 2.05) is 30.9 Å². The van der Waals surface area contributed by atoms with Gasteiger partial charge in [-0.1, -0.05) is 18.2 Å². The average molecular weight is 422 g/mol. The maximum absolute atomic E-state index is 13.1. The maximum Gasteiger partial charge on any atom is 0.297 e. The van der Waals surface area contributed by atoms with Crippen molar-refractivity contribution in [2.24, 2.45) is 0 Å². The van der Waals surface area contributed by atoms with Crippen LogP contribution < -0.4 is 5.56 Å². The highest BCUT2D eigenvalue weighted by atomic mass is 19.1. The van der Waals surface area contributed by atoms with Crippen molar-refractivity contribution < 1.29 is 14.3 Å². The van der Waals surface area contributed by atoms with Gasteiger partial charge in [0.05, 0.1) is 12.2 Å². The number of aromatic nitrogens is 3. The van der Waals surface area contributed by atoms with Crippen LogP contribution in [0.4, 0.5) is 4.39 Å². The van der Waals surface area contributed by atoms with Crippen molar-refractivity contribution in [3.8, 4) is 5.75 Å². The van der Waals surface area contributed by atoms with Crippen LogP contribution in [-0.2, 0) is 25.2 Å². The highest BCUT2D eigenvalue weighted by molar-refractivity contribution is 5.96. The molecule has 3 aromatic rings. The molecule has 3 heterocycles. The summed E-state index contributed by atoms with van der Waals surface area (Å²) in [5.74, 6) is -0.973. The van der Waals surface area contributed by atoms with E-state index in [1.165, 1.54) is 16.7 Å². The third-order valence-corrected chi connectivity index (χ3v) is 5.71. The molecule has 160 valence electrons. The Balaban J connectivity index is 1.59. The molecule has 7 nitrogen and oxygen atoms in total. The predicted octanol–water partition coefficient (Wildman–Crippen LogP) is 3.01. The van der Waals surface area contributed by atoms with Gasteiger partial charge in [0.15, 0.2) is 11.5 Å². The summed E-state index contributed by atoms with van der Waals surface area (Å²) in [5, 5.41) is 10.4. The maximum atomic E-state index is 13.1. The number of hydrogen-bond donors (Lipinski definition) is 1. The first-order chi connectivity index (χ1) is 14.8. The van der Waals surface area contributed by atoms with E-state index in [-0.39, 0.29) is 24.6 Å². The molecule has 1 N–H and O–H groups in total. The molecule has 0 atom stereocenters. The summed E-state index contributed by atoms with van der Waals surface area (Å²) >= 11 is 0. The number of aryl methyl sites for hydroxylation is 1. The molecular weight excluding hydrogens is 399 g/mol. The molecule has 0 fully saturated rings. The number of Topliss-reactive ketones (excluding diaryl/α,β-unsaturated/α-hetero) is 1. The van der Waals surface area contributed by atoms with Gasteiger partial charge >= 0.3 is 0 Å². The number of aromatic hydroxyl groups is 1. The lowest BCUT2D eigenvalue weighted by molar-refractivity contribution is 0.0972. The van der Waals surface area contributed by atoms with E-state index in [9.17, 15) is 19.1 Å². The molecule has 0 radical (unpaired) electrons. The molecule has 4 rings (SSSR count). The molecule has 1 aliphatic rings. The van der Waals surface area contributed by atoms with Crippen molar-refractivity contribution in [3.63, 3.8) is 0 Å². The lowest BCUT2D eigenvalue weighted by Crippen LogP contribution is -2.35. The van der Waals surface area contributed by atoms with Crippen molar-refractivity contribution in [1.82, 2.24) is 19.4 Å². The van der Waals surface area contributed by atoms with Crippen molar-refractivity contribution in [2.45, 2.75) is 45.4 Å². The van der Waals surface area contributed by atoms with Crippen LogP contribution in [0, 0.1) is 5.82 Å². The molecule has 0 unspecified atom stereocenters. The van der Waals surface area contributed by atoms with Gasteiger partial charge in [-0.25, -0.2) is 9.37 Å². The number of nitrogens with zero attached hydrogens (tertiary/aromatic N) is 4. The molecule has 1 aliphatic heterocycles. The molecule has 8 heteroatoms. The molecule has 0 amide bonds. The highest BCUT2D eigenvalue weighted by Gasteiger charge is 2.41. The Bertz CT molecular complexity index is 1170. The number of hydrogen-bond acceptors (Lipinski definition) is 6. The number of fused-ring (bicyclic) bond motifs is 1. The first-order valence-corrected chi connectivity index (χ1v) is 10.0. The van der Waals surface area contributed by atoms with Crippen molar-refractivity contribution in [1.29, 1.82) is 0 Å². The molecule has 0 aliphatic carbocycles. The van der Waals surface area contributed by atoms with Crippen molar-refractivity contribution in [3.05, 3.63) is 87.6 Å². The summed E-state index contributed by atoms with van der Waals surface area (Å²) in [5.41, 5.74) is 0.298. The number of halogens is 1. The van der Waals surface area contributed by atoms with E-state index in [0.29, 0.717) is 18.8 Å². The standard InChI is InChI=1S/C23H23FN4O3/c1-23(2)22-26-19(18(29)10-7-15-5-8-17(24)9-6-15)20(30)21(31)28(22)14-27(23)13-16-4-3-11-25-12-16/h3-6,8-9,11-12,30H,7,10,13-14H2,1-2H3. The summed E-state index contributed by atoms with van der Waals surface area (Å²) < 4.78 is 14.5. The number of pyridine rings is 1. The number of benzene rings is 1. The quantitative estimate of drug-likeness (QED) is 0.615. The smallest absolute Gasteiger partial charge is 0.297 e. The molecule has 0 saturated carbocycles. The van der Waals surface area contributed by atoms with Crippen molar-refractivity contribution >= 4 is 5.78 Å². The Labute approximate surface area is 178 Å². The van der Waals surface area contributed by atoms with Gasteiger partial charge in [0.25, 0.3) is 5.56 Å². The van der Waals surface area contributed by atoms with Crippen LogP contribution in [0.5, 0.6) is 5.75 Å². The summed E-state index contributed by atoms with van der Waals surface area (Å²) in [6, 6.07) is 9.66. The van der Waals surface area contributed by atoms with E-state index in [4.69, 9.17) is 0 Å². The fourth-order valence-corrected chi connectivity index (χ4v) is 3.81. The van der Waals surface area contributed by atoms with Crippen LogP contribution in [0.15, 0.2) is 53.6 Å².